The maximum absolute atomic E-state index is 8.53. The van der Waals surface area contributed by atoms with Crippen molar-refractivity contribution < 1.29 is 5.11 Å². The number of nitrogens with two attached hydrogens (primary N) is 1. The van der Waals surface area contributed by atoms with Crippen LogP contribution in [0.2, 0.25) is 0 Å². The lowest BCUT2D eigenvalue weighted by Gasteiger charge is -1.96. The summed E-state index contributed by atoms with van der Waals surface area (Å²) < 4.78 is 0. The van der Waals surface area contributed by atoms with Crippen molar-refractivity contribution in [2.45, 2.75) is 6.92 Å². The summed E-state index contributed by atoms with van der Waals surface area (Å²) in [5.74, 6) is 0. The fourth-order valence-electron chi connectivity index (χ4n) is 1.42. The summed E-state index contributed by atoms with van der Waals surface area (Å²) in [4.78, 5) is 3.96. The molecule has 1 rings (SSSR count). The predicted octanol–water partition coefficient (Wildman–Crippen LogP) is 2.85. The fraction of sp³-hybridized carbons (Fsp3) is 0.188. The van der Waals surface area contributed by atoms with Crippen LogP contribution >= 0.6 is 0 Å². The SMILES string of the molecule is CC(/C=C/C=C\C=NCCO)=C\c1ccc(N)cc1. The maximum atomic E-state index is 8.53. The van der Waals surface area contributed by atoms with E-state index in [0.717, 1.165) is 16.8 Å². The van der Waals surface area contributed by atoms with Crippen molar-refractivity contribution in [3.05, 3.63) is 59.7 Å². The molecule has 0 aromatic heterocycles. The van der Waals surface area contributed by atoms with E-state index >= 15 is 0 Å². The van der Waals surface area contributed by atoms with Crippen molar-refractivity contribution in [2.75, 3.05) is 18.9 Å². The second kappa shape index (κ2) is 8.89. The van der Waals surface area contributed by atoms with Crippen LogP contribution in [0.25, 0.3) is 6.08 Å². The molecule has 0 unspecified atom stereocenters. The summed E-state index contributed by atoms with van der Waals surface area (Å²) in [6.07, 6.45) is 11.5. The first-order chi connectivity index (χ1) is 9.22. The van der Waals surface area contributed by atoms with Gasteiger partial charge in [0, 0.05) is 11.9 Å². The van der Waals surface area contributed by atoms with Gasteiger partial charge < -0.3 is 10.8 Å². The molecule has 19 heavy (non-hydrogen) atoms. The quantitative estimate of drug-likeness (QED) is 0.467. The Bertz CT molecular complexity index is 482. The molecule has 0 heterocycles. The Labute approximate surface area is 114 Å². The molecule has 0 amide bonds. The third-order valence-electron chi connectivity index (χ3n) is 2.33. The molecule has 3 N–H and O–H groups in total. The van der Waals surface area contributed by atoms with Gasteiger partial charge in [-0.3, -0.25) is 4.99 Å². The number of anilines is 1. The Morgan fingerprint density at radius 2 is 1.95 bits per heavy atom. The molecule has 3 nitrogen and oxygen atoms in total. The number of nitrogen functional groups attached to an aromatic ring is 1. The van der Waals surface area contributed by atoms with Gasteiger partial charge in [-0.2, -0.15) is 0 Å². The smallest absolute Gasteiger partial charge is 0.0626 e. The van der Waals surface area contributed by atoms with Crippen LogP contribution in [0.1, 0.15) is 12.5 Å². The standard InChI is InChI=1S/C16H20N2O/c1-14(5-3-2-4-10-18-11-12-19)13-15-6-8-16(17)9-7-15/h2-10,13,19H,11-12,17H2,1H3/b4-2-,5-3+,14-13+,18-10?. The molecular formula is C16H20N2O. The van der Waals surface area contributed by atoms with E-state index in [9.17, 15) is 0 Å². The number of aliphatic hydroxyl groups excluding tert-OH is 1. The number of aliphatic imine (C=N–C) groups is 1. The lowest BCUT2D eigenvalue weighted by atomic mass is 10.1. The highest BCUT2D eigenvalue weighted by atomic mass is 16.3. The van der Waals surface area contributed by atoms with Crippen LogP contribution < -0.4 is 5.73 Å². The van der Waals surface area contributed by atoms with Gasteiger partial charge in [-0.1, -0.05) is 42.0 Å². The molecule has 0 fully saturated rings. The van der Waals surface area contributed by atoms with Gasteiger partial charge in [0.2, 0.25) is 0 Å². The Balaban J connectivity index is 2.49. The van der Waals surface area contributed by atoms with Crippen LogP contribution in [-0.2, 0) is 0 Å². The van der Waals surface area contributed by atoms with Gasteiger partial charge in [-0.05, 0) is 30.7 Å². The molecule has 0 bridgehead atoms. The zero-order chi connectivity index (χ0) is 13.9. The van der Waals surface area contributed by atoms with E-state index in [4.69, 9.17) is 10.8 Å². The average Bonchev–Trinajstić information content (AvgIpc) is 2.40. The highest BCUT2D eigenvalue weighted by Crippen LogP contribution is 2.10. The van der Waals surface area contributed by atoms with E-state index in [-0.39, 0.29) is 6.61 Å². The molecule has 100 valence electrons. The van der Waals surface area contributed by atoms with E-state index in [2.05, 4.69) is 11.1 Å². The Kier molecular flexibility index (Phi) is 6.98. The Morgan fingerprint density at radius 1 is 1.21 bits per heavy atom. The summed E-state index contributed by atoms with van der Waals surface area (Å²) in [6.45, 7) is 2.58. The van der Waals surface area contributed by atoms with Gasteiger partial charge in [0.05, 0.1) is 13.2 Å². The van der Waals surface area contributed by atoms with E-state index in [0.29, 0.717) is 6.54 Å². The van der Waals surface area contributed by atoms with Crippen LogP contribution in [0.5, 0.6) is 0 Å². The molecule has 0 aliphatic heterocycles. The molecule has 0 radical (unpaired) electrons. The van der Waals surface area contributed by atoms with Crippen molar-refractivity contribution >= 4 is 18.0 Å². The number of nitrogens with zero attached hydrogens (tertiary/aromatic N) is 1. The van der Waals surface area contributed by atoms with Crippen LogP contribution in [-0.4, -0.2) is 24.5 Å². The summed E-state index contributed by atoms with van der Waals surface area (Å²) in [5, 5.41) is 8.53. The van der Waals surface area contributed by atoms with Crippen molar-refractivity contribution in [1.82, 2.24) is 0 Å². The molecule has 0 aliphatic rings. The lowest BCUT2D eigenvalue weighted by Crippen LogP contribution is -1.85. The number of aliphatic hydroxyl groups is 1. The zero-order valence-corrected chi connectivity index (χ0v) is 11.2. The van der Waals surface area contributed by atoms with Crippen molar-refractivity contribution in [1.29, 1.82) is 0 Å². The highest BCUT2D eigenvalue weighted by Gasteiger charge is 1.88. The van der Waals surface area contributed by atoms with Crippen LogP contribution in [0.3, 0.4) is 0 Å². The summed E-state index contributed by atoms with van der Waals surface area (Å²) >= 11 is 0. The third-order valence-corrected chi connectivity index (χ3v) is 2.33. The molecule has 3 heteroatoms. The van der Waals surface area contributed by atoms with E-state index in [1.165, 1.54) is 0 Å². The maximum Gasteiger partial charge on any atom is 0.0626 e. The molecule has 0 spiro atoms. The van der Waals surface area contributed by atoms with Gasteiger partial charge in [-0.15, -0.1) is 0 Å². The predicted molar refractivity (Wildman–Crippen MR) is 83.2 cm³/mol. The van der Waals surface area contributed by atoms with Crippen molar-refractivity contribution in [3.8, 4) is 0 Å². The Morgan fingerprint density at radius 3 is 2.63 bits per heavy atom. The molecule has 0 aliphatic carbocycles. The minimum Gasteiger partial charge on any atom is -0.399 e. The molecule has 1 aromatic rings. The molecule has 0 saturated carbocycles. The van der Waals surface area contributed by atoms with Gasteiger partial charge in [0.25, 0.3) is 0 Å². The Hall–Kier alpha value is -2.13. The van der Waals surface area contributed by atoms with Gasteiger partial charge in [0.1, 0.15) is 0 Å². The normalized spacial score (nSPS) is 13.1. The average molecular weight is 256 g/mol. The minimum atomic E-state index is 0.0869. The first-order valence-electron chi connectivity index (χ1n) is 6.20. The van der Waals surface area contributed by atoms with Crippen LogP contribution in [0, 0.1) is 0 Å². The molecular weight excluding hydrogens is 236 g/mol. The second-order valence-electron chi connectivity index (χ2n) is 4.08. The number of benzene rings is 1. The largest absolute Gasteiger partial charge is 0.399 e. The first-order valence-corrected chi connectivity index (χ1v) is 6.20. The van der Waals surface area contributed by atoms with Gasteiger partial charge in [0.15, 0.2) is 0 Å². The van der Waals surface area contributed by atoms with E-state index in [1.54, 1.807) is 6.21 Å². The zero-order valence-electron chi connectivity index (χ0n) is 11.2. The summed E-state index contributed by atoms with van der Waals surface area (Å²) in [7, 11) is 0. The second-order valence-corrected chi connectivity index (χ2v) is 4.08. The molecule has 0 saturated heterocycles. The molecule has 0 atom stereocenters. The number of allylic oxidation sites excluding steroid dienone is 5. The minimum absolute atomic E-state index is 0.0869. The van der Waals surface area contributed by atoms with Crippen molar-refractivity contribution in [3.63, 3.8) is 0 Å². The number of rotatable bonds is 6. The van der Waals surface area contributed by atoms with Crippen LogP contribution in [0.15, 0.2) is 59.1 Å². The monoisotopic (exact) mass is 256 g/mol. The molecule has 1 aromatic carbocycles. The third kappa shape index (κ3) is 7.01. The van der Waals surface area contributed by atoms with Gasteiger partial charge >= 0.3 is 0 Å². The number of hydrogen-bond acceptors (Lipinski definition) is 3. The topological polar surface area (TPSA) is 58.6 Å². The lowest BCUT2D eigenvalue weighted by molar-refractivity contribution is 0.307. The van der Waals surface area contributed by atoms with Crippen LogP contribution in [0.4, 0.5) is 5.69 Å². The summed E-state index contributed by atoms with van der Waals surface area (Å²) in [6, 6.07) is 7.76. The first kappa shape index (κ1) is 14.9. The van der Waals surface area contributed by atoms with E-state index < -0.39 is 0 Å². The summed E-state index contributed by atoms with van der Waals surface area (Å²) in [5.41, 5.74) is 8.69. The van der Waals surface area contributed by atoms with Crippen molar-refractivity contribution in [2.24, 2.45) is 4.99 Å². The van der Waals surface area contributed by atoms with Gasteiger partial charge in [-0.25, -0.2) is 0 Å². The number of hydrogen-bond donors (Lipinski definition) is 2. The fourth-order valence-corrected chi connectivity index (χ4v) is 1.42. The highest BCUT2D eigenvalue weighted by molar-refractivity contribution is 5.71. The van der Waals surface area contributed by atoms with E-state index in [1.807, 2.05) is 55.5 Å².